The molecule has 0 aliphatic rings. The molecule has 0 aliphatic heterocycles. The first-order chi connectivity index (χ1) is 7.27. The van der Waals surface area contributed by atoms with Crippen LogP contribution in [0.1, 0.15) is 5.82 Å². The Morgan fingerprint density at radius 2 is 2.33 bits per heavy atom. The lowest BCUT2D eigenvalue weighted by Gasteiger charge is -2.07. The Morgan fingerprint density at radius 3 is 3.07 bits per heavy atom. The molecule has 2 rings (SSSR count). The molecule has 0 spiro atoms. The van der Waals surface area contributed by atoms with Crippen molar-refractivity contribution in [2.24, 2.45) is 0 Å². The van der Waals surface area contributed by atoms with Crippen molar-refractivity contribution in [3.63, 3.8) is 0 Å². The van der Waals surface area contributed by atoms with Crippen LogP contribution >= 0.6 is 0 Å². The van der Waals surface area contributed by atoms with Gasteiger partial charge in [-0.2, -0.15) is 4.98 Å². The zero-order chi connectivity index (χ0) is 10.7. The van der Waals surface area contributed by atoms with Crippen molar-refractivity contribution in [2.75, 3.05) is 11.1 Å². The summed E-state index contributed by atoms with van der Waals surface area (Å²) in [5.41, 5.74) is 6.12. The number of nitrogens with two attached hydrogens (primary N) is 1. The van der Waals surface area contributed by atoms with Gasteiger partial charge < -0.3 is 15.6 Å². The van der Waals surface area contributed by atoms with Crippen molar-refractivity contribution in [1.82, 2.24) is 10.1 Å². The van der Waals surface area contributed by atoms with Crippen LogP contribution in [-0.2, 0) is 6.54 Å². The molecule has 0 radical (unpaired) electrons. The second-order valence-corrected chi connectivity index (χ2v) is 2.90. The van der Waals surface area contributed by atoms with Gasteiger partial charge in [-0.05, 0) is 12.1 Å². The van der Waals surface area contributed by atoms with Gasteiger partial charge in [0.1, 0.15) is 5.82 Å². The summed E-state index contributed by atoms with van der Waals surface area (Å²) in [7, 11) is 0. The highest BCUT2D eigenvalue weighted by molar-refractivity contribution is 5.66. The van der Waals surface area contributed by atoms with Crippen LogP contribution in [0.5, 0.6) is 0 Å². The van der Waals surface area contributed by atoms with E-state index in [0.717, 1.165) is 0 Å². The van der Waals surface area contributed by atoms with E-state index in [1.54, 1.807) is 12.1 Å². The highest BCUT2D eigenvalue weighted by Gasteiger charge is 2.04. The zero-order valence-electron chi connectivity index (χ0n) is 7.77. The molecule has 0 unspecified atom stereocenters. The van der Waals surface area contributed by atoms with Gasteiger partial charge in [0.05, 0.1) is 17.9 Å². The maximum atomic E-state index is 13.0. The first-order valence-corrected chi connectivity index (χ1v) is 4.30. The molecule has 0 atom stereocenters. The Hall–Kier alpha value is -2.11. The molecule has 5 nitrogen and oxygen atoms in total. The molecule has 0 amide bonds. The standard InChI is InChI=1S/C9H9FN4O/c10-6-2-1-3-7(9(6)11)12-4-8-13-5-15-14-8/h1-3,5,12H,4,11H2. The summed E-state index contributed by atoms with van der Waals surface area (Å²) in [5.74, 6) is 0.0340. The Morgan fingerprint density at radius 1 is 1.47 bits per heavy atom. The number of nitrogen functional groups attached to an aromatic ring is 1. The highest BCUT2D eigenvalue weighted by Crippen LogP contribution is 2.21. The molecule has 0 saturated carbocycles. The van der Waals surface area contributed by atoms with Gasteiger partial charge >= 0.3 is 0 Å². The van der Waals surface area contributed by atoms with E-state index in [2.05, 4.69) is 20.0 Å². The minimum absolute atomic E-state index is 0.0843. The third-order valence-electron chi connectivity index (χ3n) is 1.90. The number of nitrogens with one attached hydrogen (secondary N) is 1. The molecule has 15 heavy (non-hydrogen) atoms. The van der Waals surface area contributed by atoms with E-state index >= 15 is 0 Å². The second kappa shape index (κ2) is 3.95. The SMILES string of the molecule is Nc1c(F)cccc1NCc1ncon1. The number of aromatic nitrogens is 2. The fourth-order valence-corrected chi connectivity index (χ4v) is 1.14. The maximum Gasteiger partial charge on any atom is 0.213 e. The van der Waals surface area contributed by atoms with E-state index in [0.29, 0.717) is 18.1 Å². The molecule has 1 heterocycles. The first-order valence-electron chi connectivity index (χ1n) is 4.30. The summed E-state index contributed by atoms with van der Waals surface area (Å²) in [5, 5.41) is 6.51. The van der Waals surface area contributed by atoms with Crippen molar-refractivity contribution >= 4 is 11.4 Å². The lowest BCUT2D eigenvalue weighted by Crippen LogP contribution is -2.04. The normalized spacial score (nSPS) is 10.2. The van der Waals surface area contributed by atoms with Gasteiger partial charge in [0.2, 0.25) is 6.39 Å². The molecule has 6 heteroatoms. The van der Waals surface area contributed by atoms with E-state index in [1.165, 1.54) is 12.5 Å². The van der Waals surface area contributed by atoms with Crippen molar-refractivity contribution in [3.8, 4) is 0 Å². The van der Waals surface area contributed by atoms with E-state index < -0.39 is 5.82 Å². The fraction of sp³-hybridized carbons (Fsp3) is 0.111. The van der Waals surface area contributed by atoms with Crippen LogP contribution in [0, 0.1) is 5.82 Å². The predicted molar refractivity (Wildman–Crippen MR) is 52.4 cm³/mol. The first kappa shape index (κ1) is 9.45. The minimum Gasteiger partial charge on any atom is -0.395 e. The second-order valence-electron chi connectivity index (χ2n) is 2.90. The molecular formula is C9H9FN4O. The number of rotatable bonds is 3. The van der Waals surface area contributed by atoms with Crippen LogP contribution in [0.15, 0.2) is 29.1 Å². The van der Waals surface area contributed by atoms with Gasteiger partial charge in [-0.25, -0.2) is 4.39 Å². The zero-order valence-corrected chi connectivity index (χ0v) is 7.77. The molecule has 1 aromatic carbocycles. The fourth-order valence-electron chi connectivity index (χ4n) is 1.14. The Balaban J connectivity index is 2.08. The summed E-state index contributed by atoms with van der Waals surface area (Å²) in [4.78, 5) is 3.81. The Labute approximate surface area is 85.1 Å². The summed E-state index contributed by atoms with van der Waals surface area (Å²) < 4.78 is 17.6. The van der Waals surface area contributed by atoms with E-state index in [1.807, 2.05) is 0 Å². The number of halogens is 1. The average Bonchev–Trinajstić information content (AvgIpc) is 2.73. The van der Waals surface area contributed by atoms with Gasteiger partial charge in [0.25, 0.3) is 0 Å². The van der Waals surface area contributed by atoms with Crippen LogP contribution in [0.3, 0.4) is 0 Å². The van der Waals surface area contributed by atoms with Crippen molar-refractivity contribution < 1.29 is 8.91 Å². The molecular weight excluding hydrogens is 199 g/mol. The minimum atomic E-state index is -0.451. The van der Waals surface area contributed by atoms with Crippen LogP contribution in [-0.4, -0.2) is 10.1 Å². The maximum absolute atomic E-state index is 13.0. The topological polar surface area (TPSA) is 77.0 Å². The quantitative estimate of drug-likeness (QED) is 0.745. The molecule has 78 valence electrons. The average molecular weight is 208 g/mol. The Bertz CT molecular complexity index is 443. The highest BCUT2D eigenvalue weighted by atomic mass is 19.1. The number of para-hydroxylation sites is 1. The van der Waals surface area contributed by atoms with E-state index in [-0.39, 0.29) is 5.69 Å². The van der Waals surface area contributed by atoms with Crippen molar-refractivity contribution in [2.45, 2.75) is 6.54 Å². The van der Waals surface area contributed by atoms with Gasteiger partial charge in [0, 0.05) is 0 Å². The van der Waals surface area contributed by atoms with Crippen molar-refractivity contribution in [3.05, 3.63) is 36.2 Å². The summed E-state index contributed by atoms with van der Waals surface area (Å²) in [6, 6.07) is 4.55. The summed E-state index contributed by atoms with van der Waals surface area (Å²) in [6.45, 7) is 0.337. The summed E-state index contributed by atoms with van der Waals surface area (Å²) >= 11 is 0. The van der Waals surface area contributed by atoms with Crippen LogP contribution in [0.4, 0.5) is 15.8 Å². The van der Waals surface area contributed by atoms with Crippen molar-refractivity contribution in [1.29, 1.82) is 0 Å². The van der Waals surface area contributed by atoms with Gasteiger partial charge in [-0.1, -0.05) is 11.2 Å². The Kier molecular flexibility index (Phi) is 2.49. The number of hydrogen-bond donors (Lipinski definition) is 2. The van der Waals surface area contributed by atoms with Gasteiger partial charge in [-0.15, -0.1) is 0 Å². The third-order valence-corrected chi connectivity index (χ3v) is 1.90. The lowest BCUT2D eigenvalue weighted by atomic mass is 10.2. The van der Waals surface area contributed by atoms with Crippen LogP contribution < -0.4 is 11.1 Å². The third kappa shape index (κ3) is 2.04. The molecule has 0 saturated heterocycles. The van der Waals surface area contributed by atoms with E-state index in [4.69, 9.17) is 5.73 Å². The molecule has 0 bridgehead atoms. The lowest BCUT2D eigenvalue weighted by molar-refractivity contribution is 0.411. The molecule has 2 aromatic rings. The van der Waals surface area contributed by atoms with E-state index in [9.17, 15) is 4.39 Å². The molecule has 0 fully saturated rings. The molecule has 0 aliphatic carbocycles. The molecule has 1 aromatic heterocycles. The number of nitrogens with zero attached hydrogens (tertiary/aromatic N) is 2. The van der Waals surface area contributed by atoms with Crippen LogP contribution in [0.2, 0.25) is 0 Å². The smallest absolute Gasteiger partial charge is 0.213 e. The van der Waals surface area contributed by atoms with Crippen LogP contribution in [0.25, 0.3) is 0 Å². The number of hydrogen-bond acceptors (Lipinski definition) is 5. The largest absolute Gasteiger partial charge is 0.395 e. The summed E-state index contributed by atoms with van der Waals surface area (Å²) in [6.07, 6.45) is 1.23. The predicted octanol–water partition coefficient (Wildman–Crippen LogP) is 1.40. The monoisotopic (exact) mass is 208 g/mol. The van der Waals surface area contributed by atoms with Gasteiger partial charge in [-0.3, -0.25) is 0 Å². The number of anilines is 2. The molecule has 3 N–H and O–H groups in total. The number of benzene rings is 1. The van der Waals surface area contributed by atoms with Gasteiger partial charge in [0.15, 0.2) is 5.82 Å².